The Morgan fingerprint density at radius 1 is 1.44 bits per heavy atom. The Balaban J connectivity index is 2.51. The molecule has 1 N–H and O–H groups in total. The van der Waals surface area contributed by atoms with Crippen molar-refractivity contribution >= 4 is 11.8 Å². The summed E-state index contributed by atoms with van der Waals surface area (Å²) in [6, 6.07) is 0. The third-order valence-corrected chi connectivity index (χ3v) is 1.07. The van der Waals surface area contributed by atoms with Crippen LogP contribution in [0.5, 0.6) is 0 Å². The summed E-state index contributed by atoms with van der Waals surface area (Å²) >= 11 is 0. The van der Waals surface area contributed by atoms with Crippen LogP contribution in [0.1, 0.15) is 6.42 Å². The highest BCUT2D eigenvalue weighted by Gasteiger charge is 2.15. The molecule has 1 heterocycles. The van der Waals surface area contributed by atoms with E-state index in [9.17, 15) is 9.59 Å². The minimum absolute atomic E-state index is 0.470. The fourth-order valence-electron chi connectivity index (χ4n) is 0.609. The first-order valence-electron chi connectivity index (χ1n) is 2.80. The number of carbonyl (C=O) groups is 2. The van der Waals surface area contributed by atoms with Crippen LogP contribution in [0.25, 0.3) is 0 Å². The second kappa shape index (κ2) is 2.48. The number of amides is 2. The molecular formula is C5H7N2O2. The van der Waals surface area contributed by atoms with E-state index in [4.69, 9.17) is 0 Å². The normalized spacial score (nSPS) is 20.0. The van der Waals surface area contributed by atoms with Crippen LogP contribution in [0.4, 0.5) is 0 Å². The molecule has 1 saturated heterocycles. The average Bonchev–Trinajstić information content (AvgIpc) is 1.99. The van der Waals surface area contributed by atoms with Gasteiger partial charge in [0.15, 0.2) is 0 Å². The van der Waals surface area contributed by atoms with E-state index >= 15 is 0 Å². The van der Waals surface area contributed by atoms with Gasteiger partial charge >= 0.3 is 11.8 Å². The number of hydrogen-bond acceptors (Lipinski definition) is 2. The van der Waals surface area contributed by atoms with Gasteiger partial charge in [0.25, 0.3) is 0 Å². The van der Waals surface area contributed by atoms with Crippen molar-refractivity contribution in [2.45, 2.75) is 6.42 Å². The molecule has 4 heteroatoms. The number of nitrogens with zero attached hydrogens (tertiary/aromatic N) is 1. The number of nitrogens with one attached hydrogen (secondary N) is 1. The van der Waals surface area contributed by atoms with E-state index in [1.807, 2.05) is 0 Å². The molecule has 0 aromatic carbocycles. The Morgan fingerprint density at radius 3 is 3.00 bits per heavy atom. The third-order valence-electron chi connectivity index (χ3n) is 1.07. The standard InChI is InChI=1S/C5H7N2O2/c8-4-5(9)7-3-1-2-6-4/h1-3H2,(H,6,8). The molecule has 1 rings (SSSR count). The summed E-state index contributed by atoms with van der Waals surface area (Å²) in [5, 5.41) is 5.87. The van der Waals surface area contributed by atoms with Crippen LogP contribution in [-0.2, 0) is 9.59 Å². The zero-order valence-electron chi connectivity index (χ0n) is 4.89. The monoisotopic (exact) mass is 127 g/mol. The average molecular weight is 127 g/mol. The lowest BCUT2D eigenvalue weighted by atomic mass is 10.4. The van der Waals surface area contributed by atoms with E-state index in [0.717, 1.165) is 6.42 Å². The summed E-state index contributed by atoms with van der Waals surface area (Å²) in [6.07, 6.45) is 0.761. The van der Waals surface area contributed by atoms with Crippen molar-refractivity contribution in [1.82, 2.24) is 10.6 Å². The molecule has 1 fully saturated rings. The molecule has 0 aromatic heterocycles. The summed E-state index contributed by atoms with van der Waals surface area (Å²) in [5.74, 6) is -1.22. The van der Waals surface area contributed by atoms with Gasteiger partial charge in [-0.25, -0.2) is 5.32 Å². The van der Waals surface area contributed by atoms with E-state index in [1.54, 1.807) is 0 Å². The van der Waals surface area contributed by atoms with Gasteiger partial charge in [-0.3, -0.25) is 9.59 Å². The van der Waals surface area contributed by atoms with Gasteiger partial charge in [0, 0.05) is 13.1 Å². The first kappa shape index (κ1) is 6.07. The van der Waals surface area contributed by atoms with Gasteiger partial charge in [0.1, 0.15) is 0 Å². The van der Waals surface area contributed by atoms with Gasteiger partial charge in [0.2, 0.25) is 0 Å². The predicted molar refractivity (Wildman–Crippen MR) is 29.6 cm³/mol. The molecule has 0 atom stereocenters. The molecule has 0 unspecified atom stereocenters. The number of carbonyl (C=O) groups excluding carboxylic acids is 2. The van der Waals surface area contributed by atoms with Gasteiger partial charge in [-0.2, -0.15) is 0 Å². The Kier molecular flexibility index (Phi) is 1.67. The maximum absolute atomic E-state index is 10.5. The minimum atomic E-state index is -0.646. The number of rotatable bonds is 0. The maximum Gasteiger partial charge on any atom is 0.330 e. The van der Waals surface area contributed by atoms with Gasteiger partial charge in [-0.05, 0) is 6.42 Å². The molecular weight excluding hydrogens is 120 g/mol. The number of hydrogen-bond donors (Lipinski definition) is 1. The van der Waals surface area contributed by atoms with Crippen molar-refractivity contribution in [3.63, 3.8) is 0 Å². The minimum Gasteiger partial charge on any atom is -0.348 e. The van der Waals surface area contributed by atoms with Crippen LogP contribution in [-0.4, -0.2) is 24.9 Å². The molecule has 1 aliphatic heterocycles. The van der Waals surface area contributed by atoms with Crippen LogP contribution < -0.4 is 10.6 Å². The van der Waals surface area contributed by atoms with Crippen LogP contribution in [0.15, 0.2) is 0 Å². The van der Waals surface area contributed by atoms with Gasteiger partial charge in [-0.15, -0.1) is 0 Å². The van der Waals surface area contributed by atoms with Crippen LogP contribution in [0.2, 0.25) is 0 Å². The van der Waals surface area contributed by atoms with Gasteiger partial charge < -0.3 is 5.32 Å². The highest BCUT2D eigenvalue weighted by atomic mass is 16.2. The second-order valence-corrected chi connectivity index (χ2v) is 1.80. The molecule has 1 aliphatic rings. The highest BCUT2D eigenvalue weighted by Crippen LogP contribution is 1.82. The molecule has 0 aliphatic carbocycles. The second-order valence-electron chi connectivity index (χ2n) is 1.80. The molecule has 4 nitrogen and oxygen atoms in total. The Morgan fingerprint density at radius 2 is 2.22 bits per heavy atom. The molecule has 0 bridgehead atoms. The zero-order chi connectivity index (χ0) is 6.69. The van der Waals surface area contributed by atoms with E-state index in [1.165, 1.54) is 0 Å². The van der Waals surface area contributed by atoms with E-state index in [-0.39, 0.29) is 0 Å². The van der Waals surface area contributed by atoms with Crippen molar-refractivity contribution in [3.8, 4) is 0 Å². The summed E-state index contributed by atoms with van der Waals surface area (Å²) in [4.78, 5) is 20.9. The SMILES string of the molecule is O=C1[N]CCCNC1=O. The van der Waals surface area contributed by atoms with Gasteiger partial charge in [0.05, 0.1) is 0 Å². The molecule has 2 amide bonds. The third kappa shape index (κ3) is 1.42. The first-order chi connectivity index (χ1) is 4.30. The van der Waals surface area contributed by atoms with Crippen LogP contribution in [0, 0.1) is 0 Å². The fraction of sp³-hybridized carbons (Fsp3) is 0.600. The van der Waals surface area contributed by atoms with E-state index in [0.29, 0.717) is 13.1 Å². The van der Waals surface area contributed by atoms with Crippen molar-refractivity contribution in [1.29, 1.82) is 0 Å². The zero-order valence-corrected chi connectivity index (χ0v) is 4.89. The Bertz CT molecular complexity index is 128. The predicted octanol–water partition coefficient (Wildman–Crippen LogP) is -1.36. The molecule has 9 heavy (non-hydrogen) atoms. The Hall–Kier alpha value is -1.06. The summed E-state index contributed by atoms with van der Waals surface area (Å²) in [6.45, 7) is 1.03. The van der Waals surface area contributed by atoms with Gasteiger partial charge in [-0.1, -0.05) is 0 Å². The van der Waals surface area contributed by atoms with E-state index in [2.05, 4.69) is 10.6 Å². The first-order valence-corrected chi connectivity index (χ1v) is 2.80. The molecule has 49 valence electrons. The van der Waals surface area contributed by atoms with E-state index < -0.39 is 11.8 Å². The van der Waals surface area contributed by atoms with Crippen LogP contribution in [0.3, 0.4) is 0 Å². The summed E-state index contributed by atoms with van der Waals surface area (Å²) in [7, 11) is 0. The lowest BCUT2D eigenvalue weighted by molar-refractivity contribution is -0.138. The summed E-state index contributed by atoms with van der Waals surface area (Å²) < 4.78 is 0. The lowest BCUT2D eigenvalue weighted by Crippen LogP contribution is -2.32. The smallest absolute Gasteiger partial charge is 0.330 e. The van der Waals surface area contributed by atoms with Crippen LogP contribution >= 0.6 is 0 Å². The maximum atomic E-state index is 10.5. The Labute approximate surface area is 52.6 Å². The van der Waals surface area contributed by atoms with Crippen molar-refractivity contribution in [2.75, 3.05) is 13.1 Å². The molecule has 1 radical (unpaired) electrons. The fourth-order valence-corrected chi connectivity index (χ4v) is 0.609. The van der Waals surface area contributed by atoms with Crippen molar-refractivity contribution < 1.29 is 9.59 Å². The highest BCUT2D eigenvalue weighted by molar-refractivity contribution is 6.35. The lowest BCUT2D eigenvalue weighted by Gasteiger charge is -1.91. The topological polar surface area (TPSA) is 60.3 Å². The molecule has 0 aromatic rings. The summed E-state index contributed by atoms with van der Waals surface area (Å²) in [5.41, 5.74) is 0. The van der Waals surface area contributed by atoms with Crippen molar-refractivity contribution in [3.05, 3.63) is 0 Å². The van der Waals surface area contributed by atoms with Crippen molar-refractivity contribution in [2.24, 2.45) is 0 Å². The molecule has 0 spiro atoms. The molecule has 0 saturated carbocycles. The largest absolute Gasteiger partial charge is 0.348 e. The quantitative estimate of drug-likeness (QED) is 0.408.